The molecule has 4 N–H and O–H groups in total. The molecule has 0 amide bonds. The van der Waals surface area contributed by atoms with Gasteiger partial charge in [-0.05, 0) is 40.0 Å². The number of carboxylic acids is 1. The van der Waals surface area contributed by atoms with Gasteiger partial charge in [-0.2, -0.15) is 0 Å². The zero-order valence-electron chi connectivity index (χ0n) is 11.1. The number of ether oxygens (including phenoxy) is 1. The summed E-state index contributed by atoms with van der Waals surface area (Å²) in [7, 11) is 1.48. The van der Waals surface area contributed by atoms with Gasteiger partial charge < -0.3 is 20.7 Å². The molecule has 7 heteroatoms. The normalized spacial score (nSPS) is 22.9. The van der Waals surface area contributed by atoms with E-state index < -0.39 is 11.5 Å². The summed E-state index contributed by atoms with van der Waals surface area (Å²) in [6.45, 7) is 1.49. The van der Waals surface area contributed by atoms with Gasteiger partial charge >= 0.3 is 5.97 Å². The fourth-order valence-electron chi connectivity index (χ4n) is 2.36. The van der Waals surface area contributed by atoms with Crippen molar-refractivity contribution in [1.29, 1.82) is 0 Å². The van der Waals surface area contributed by atoms with Gasteiger partial charge in [0.2, 0.25) is 0 Å². The zero-order chi connectivity index (χ0) is 14.9. The molecule has 0 aromatic heterocycles. The molecular weight excluding hydrogens is 328 g/mol. The second-order valence-electron chi connectivity index (χ2n) is 5.05. The van der Waals surface area contributed by atoms with Crippen molar-refractivity contribution in [2.24, 2.45) is 5.73 Å². The standard InChI is InChI=1S/C13H17BrN2O4/c1-20-10-5-8(4-9(14)11(10)17)6-16-3-2-13(15,7-16)12(18)19/h4-5,17H,2-3,6-7,15H2,1H3,(H,18,19). The summed E-state index contributed by atoms with van der Waals surface area (Å²) < 4.78 is 5.64. The van der Waals surface area contributed by atoms with Crippen molar-refractivity contribution in [1.82, 2.24) is 4.90 Å². The summed E-state index contributed by atoms with van der Waals surface area (Å²) in [6.07, 6.45) is 0.429. The second-order valence-corrected chi connectivity index (χ2v) is 5.90. The number of hydrogen-bond donors (Lipinski definition) is 3. The molecule has 0 radical (unpaired) electrons. The molecule has 1 aliphatic heterocycles. The van der Waals surface area contributed by atoms with Gasteiger partial charge in [-0.25, -0.2) is 0 Å². The van der Waals surface area contributed by atoms with Crippen molar-refractivity contribution in [2.75, 3.05) is 20.2 Å². The van der Waals surface area contributed by atoms with Crippen molar-refractivity contribution < 1.29 is 19.7 Å². The van der Waals surface area contributed by atoms with E-state index in [2.05, 4.69) is 15.9 Å². The number of benzene rings is 1. The van der Waals surface area contributed by atoms with Crippen LogP contribution in [0.2, 0.25) is 0 Å². The molecule has 0 saturated carbocycles. The summed E-state index contributed by atoms with van der Waals surface area (Å²) in [5, 5.41) is 18.9. The number of halogens is 1. The highest BCUT2D eigenvalue weighted by Gasteiger charge is 2.41. The fourth-order valence-corrected chi connectivity index (χ4v) is 2.85. The van der Waals surface area contributed by atoms with Crippen LogP contribution >= 0.6 is 15.9 Å². The first kappa shape index (κ1) is 15.1. The minimum atomic E-state index is -1.17. The van der Waals surface area contributed by atoms with E-state index in [1.807, 2.05) is 4.90 Å². The van der Waals surface area contributed by atoms with Crippen LogP contribution in [0.5, 0.6) is 11.5 Å². The Balaban J connectivity index is 2.12. The molecule has 6 nitrogen and oxygen atoms in total. The van der Waals surface area contributed by atoms with Crippen LogP contribution < -0.4 is 10.5 Å². The lowest BCUT2D eigenvalue weighted by Gasteiger charge is -2.20. The number of likely N-dealkylation sites (tertiary alicyclic amines) is 1. The maximum Gasteiger partial charge on any atom is 0.325 e. The van der Waals surface area contributed by atoms with E-state index in [0.29, 0.717) is 36.3 Å². The minimum Gasteiger partial charge on any atom is -0.503 e. The fraction of sp³-hybridized carbons (Fsp3) is 0.462. The van der Waals surface area contributed by atoms with Crippen LogP contribution in [-0.4, -0.2) is 46.8 Å². The first-order chi connectivity index (χ1) is 9.35. The van der Waals surface area contributed by atoms with Gasteiger partial charge in [0.25, 0.3) is 0 Å². The molecule has 1 aromatic rings. The van der Waals surface area contributed by atoms with Crippen LogP contribution in [0, 0.1) is 0 Å². The molecule has 110 valence electrons. The number of aromatic hydroxyl groups is 1. The summed E-state index contributed by atoms with van der Waals surface area (Å²) >= 11 is 3.27. The van der Waals surface area contributed by atoms with Crippen LogP contribution in [0.1, 0.15) is 12.0 Å². The molecule has 1 fully saturated rings. The first-order valence-corrected chi connectivity index (χ1v) is 6.95. The zero-order valence-corrected chi connectivity index (χ0v) is 12.7. The van der Waals surface area contributed by atoms with Crippen LogP contribution in [0.25, 0.3) is 0 Å². The van der Waals surface area contributed by atoms with Crippen LogP contribution in [-0.2, 0) is 11.3 Å². The van der Waals surface area contributed by atoms with E-state index in [4.69, 9.17) is 15.6 Å². The van der Waals surface area contributed by atoms with E-state index in [0.717, 1.165) is 5.56 Å². The molecule has 0 bridgehead atoms. The number of hydrogen-bond acceptors (Lipinski definition) is 5. The smallest absolute Gasteiger partial charge is 0.325 e. The number of phenols is 1. The van der Waals surface area contributed by atoms with Gasteiger partial charge in [0.15, 0.2) is 11.5 Å². The number of methoxy groups -OCH3 is 1. The van der Waals surface area contributed by atoms with Gasteiger partial charge in [0.05, 0.1) is 11.6 Å². The molecule has 1 unspecified atom stereocenters. The van der Waals surface area contributed by atoms with Gasteiger partial charge in [0.1, 0.15) is 5.54 Å². The van der Waals surface area contributed by atoms with Crippen LogP contribution in [0.15, 0.2) is 16.6 Å². The van der Waals surface area contributed by atoms with Crippen LogP contribution in [0.3, 0.4) is 0 Å². The maximum atomic E-state index is 11.1. The third-order valence-corrected chi connectivity index (χ3v) is 4.12. The lowest BCUT2D eigenvalue weighted by atomic mass is 10.0. The van der Waals surface area contributed by atoms with Gasteiger partial charge in [-0.3, -0.25) is 9.69 Å². The number of nitrogens with zero attached hydrogens (tertiary/aromatic N) is 1. The minimum absolute atomic E-state index is 0.0522. The predicted octanol–water partition coefficient (Wildman–Crippen LogP) is 1.15. The molecule has 20 heavy (non-hydrogen) atoms. The first-order valence-electron chi connectivity index (χ1n) is 6.16. The van der Waals surface area contributed by atoms with E-state index in [1.165, 1.54) is 7.11 Å². The van der Waals surface area contributed by atoms with E-state index >= 15 is 0 Å². The molecule has 1 heterocycles. The van der Waals surface area contributed by atoms with Crippen molar-refractivity contribution in [2.45, 2.75) is 18.5 Å². The number of rotatable bonds is 4. The van der Waals surface area contributed by atoms with E-state index in [-0.39, 0.29) is 5.75 Å². The summed E-state index contributed by atoms with van der Waals surface area (Å²) in [6, 6.07) is 3.52. The predicted molar refractivity (Wildman–Crippen MR) is 76.8 cm³/mol. The van der Waals surface area contributed by atoms with Crippen molar-refractivity contribution in [3.8, 4) is 11.5 Å². The average molecular weight is 345 g/mol. The van der Waals surface area contributed by atoms with E-state index in [1.54, 1.807) is 12.1 Å². The molecule has 1 atom stereocenters. The summed E-state index contributed by atoms with van der Waals surface area (Å²) in [4.78, 5) is 13.1. The molecule has 2 rings (SSSR count). The SMILES string of the molecule is COc1cc(CN2CCC(N)(C(=O)O)C2)cc(Br)c1O. The van der Waals surface area contributed by atoms with Crippen molar-refractivity contribution >= 4 is 21.9 Å². The lowest BCUT2D eigenvalue weighted by molar-refractivity contribution is -0.142. The molecule has 0 aliphatic carbocycles. The summed E-state index contributed by atoms with van der Waals surface area (Å²) in [5.74, 6) is -0.535. The van der Waals surface area contributed by atoms with Crippen molar-refractivity contribution in [3.63, 3.8) is 0 Å². The molecule has 1 saturated heterocycles. The summed E-state index contributed by atoms with van der Waals surface area (Å²) in [5.41, 5.74) is 5.59. The Hall–Kier alpha value is -1.31. The Morgan fingerprint density at radius 3 is 2.85 bits per heavy atom. The highest BCUT2D eigenvalue weighted by atomic mass is 79.9. The lowest BCUT2D eigenvalue weighted by Crippen LogP contribution is -2.50. The Morgan fingerprint density at radius 2 is 2.30 bits per heavy atom. The van der Waals surface area contributed by atoms with E-state index in [9.17, 15) is 9.90 Å². The maximum absolute atomic E-state index is 11.1. The van der Waals surface area contributed by atoms with Crippen molar-refractivity contribution in [3.05, 3.63) is 22.2 Å². The molecular formula is C13H17BrN2O4. The molecule has 0 spiro atoms. The Morgan fingerprint density at radius 1 is 1.60 bits per heavy atom. The number of phenolic OH excluding ortho intramolecular Hbond substituents is 1. The number of aliphatic carboxylic acids is 1. The number of carboxylic acid groups (broad SMARTS) is 1. The average Bonchev–Trinajstić information content (AvgIpc) is 2.76. The quantitative estimate of drug-likeness (QED) is 0.758. The van der Waals surface area contributed by atoms with Gasteiger partial charge in [-0.15, -0.1) is 0 Å². The second kappa shape index (κ2) is 5.59. The third-order valence-electron chi connectivity index (χ3n) is 3.52. The van der Waals surface area contributed by atoms with Crippen LogP contribution in [0.4, 0.5) is 0 Å². The van der Waals surface area contributed by atoms with Gasteiger partial charge in [-0.1, -0.05) is 0 Å². The monoisotopic (exact) mass is 344 g/mol. The highest BCUT2D eigenvalue weighted by molar-refractivity contribution is 9.10. The number of nitrogens with two attached hydrogens (primary N) is 1. The molecule has 1 aromatic carbocycles. The Bertz CT molecular complexity index is 537. The van der Waals surface area contributed by atoms with Gasteiger partial charge in [0, 0.05) is 19.6 Å². The Kier molecular flexibility index (Phi) is 4.22. The highest BCUT2D eigenvalue weighted by Crippen LogP contribution is 2.35. The third kappa shape index (κ3) is 2.89. The molecule has 1 aliphatic rings. The number of carbonyl (C=O) groups is 1. The Labute approximate surface area is 125 Å². The topological polar surface area (TPSA) is 96.0 Å². The largest absolute Gasteiger partial charge is 0.503 e.